The van der Waals surface area contributed by atoms with Gasteiger partial charge in [-0.1, -0.05) is 46.8 Å². The second kappa shape index (κ2) is 11.4. The van der Waals surface area contributed by atoms with Crippen LogP contribution in [0.5, 0.6) is 0 Å². The zero-order valence-electron chi connectivity index (χ0n) is 30.8. The largest absolute Gasteiger partial charge is 0.481 e. The van der Waals surface area contributed by atoms with Crippen LogP contribution in [0, 0.1) is 63.6 Å². The maximum Gasteiger partial charge on any atom is 0.309 e. The number of carbonyl (C=O) groups excluding carboxylic acids is 2. The molecule has 266 valence electrons. The quantitative estimate of drug-likeness (QED) is 0.222. The van der Waals surface area contributed by atoms with E-state index in [0.717, 1.165) is 64.2 Å². The molecule has 5 aliphatic carbocycles. The Balaban J connectivity index is 1.27. The summed E-state index contributed by atoms with van der Waals surface area (Å²) < 4.78 is 11.7. The molecule has 48 heavy (non-hydrogen) atoms. The number of nitrogens with zero attached hydrogens (tertiary/aromatic N) is 2. The third-order valence-electron chi connectivity index (χ3n) is 15.5. The van der Waals surface area contributed by atoms with Gasteiger partial charge < -0.3 is 19.6 Å². The SMILES string of the molecule is C=C(C)[C@@H]1CC[C@]2(NC(=O)c3nnc(C)o3)CC[C@]3(C)[C@H](CC[C@@H]4[C@@]5(C)CC[C@H](OC(=O)CC(C)(C)C(=O)O)C(C)(C)[C@@H]5CC[C@]43C)[C@@H]12. The van der Waals surface area contributed by atoms with Crippen LogP contribution in [-0.4, -0.2) is 44.8 Å². The van der Waals surface area contributed by atoms with Gasteiger partial charge >= 0.3 is 23.7 Å². The van der Waals surface area contributed by atoms with Crippen LogP contribution in [0.1, 0.15) is 143 Å². The minimum Gasteiger partial charge on any atom is -0.481 e. The summed E-state index contributed by atoms with van der Waals surface area (Å²) in [6.07, 6.45) is 9.94. The Morgan fingerprint density at radius 1 is 0.938 bits per heavy atom. The Labute approximate surface area is 286 Å². The number of esters is 1. The van der Waals surface area contributed by atoms with Crippen molar-refractivity contribution in [2.45, 2.75) is 145 Å². The molecule has 0 unspecified atom stereocenters. The van der Waals surface area contributed by atoms with E-state index < -0.39 is 17.4 Å². The van der Waals surface area contributed by atoms with Crippen molar-refractivity contribution in [3.05, 3.63) is 23.9 Å². The highest BCUT2D eigenvalue weighted by Gasteiger charge is 2.71. The van der Waals surface area contributed by atoms with Crippen molar-refractivity contribution in [2.24, 2.45) is 56.7 Å². The molecule has 9 heteroatoms. The van der Waals surface area contributed by atoms with Gasteiger partial charge in [-0.25, -0.2) is 0 Å². The molecule has 1 aromatic rings. The normalized spacial score (nSPS) is 41.6. The number of carboxylic acids is 1. The molecule has 0 aliphatic heterocycles. The summed E-state index contributed by atoms with van der Waals surface area (Å²) >= 11 is 0. The van der Waals surface area contributed by atoms with Gasteiger partial charge in [-0.15, -0.1) is 10.2 Å². The minimum atomic E-state index is -1.15. The maximum absolute atomic E-state index is 13.5. The highest BCUT2D eigenvalue weighted by Crippen LogP contribution is 2.76. The number of allylic oxidation sites excluding steroid dienone is 1. The van der Waals surface area contributed by atoms with Crippen molar-refractivity contribution in [3.8, 4) is 0 Å². The number of nitrogens with one attached hydrogen (secondary N) is 1. The molecule has 0 spiro atoms. The van der Waals surface area contributed by atoms with Gasteiger partial charge in [0, 0.05) is 17.9 Å². The Morgan fingerprint density at radius 2 is 1.65 bits per heavy atom. The monoisotopic (exact) mass is 665 g/mol. The molecule has 1 heterocycles. The van der Waals surface area contributed by atoms with E-state index in [-0.39, 0.29) is 51.5 Å². The van der Waals surface area contributed by atoms with E-state index in [2.05, 4.69) is 63.6 Å². The topological polar surface area (TPSA) is 132 Å². The Kier molecular flexibility index (Phi) is 8.35. The lowest BCUT2D eigenvalue weighted by molar-refractivity contribution is -0.246. The first kappa shape index (κ1) is 35.1. The van der Waals surface area contributed by atoms with Crippen LogP contribution in [0.4, 0.5) is 0 Å². The van der Waals surface area contributed by atoms with Gasteiger partial charge in [0.25, 0.3) is 0 Å². The van der Waals surface area contributed by atoms with Gasteiger partial charge in [-0.05, 0) is 131 Å². The number of rotatable bonds is 7. The average molecular weight is 666 g/mol. The molecule has 0 saturated heterocycles. The molecule has 0 bridgehead atoms. The number of amides is 1. The van der Waals surface area contributed by atoms with Gasteiger partial charge in [0.05, 0.1) is 11.8 Å². The second-order valence-electron chi connectivity index (χ2n) is 18.6. The van der Waals surface area contributed by atoms with E-state index in [1.165, 1.54) is 5.57 Å². The lowest BCUT2D eigenvalue weighted by atomic mass is 9.32. The molecule has 9 nitrogen and oxygen atoms in total. The van der Waals surface area contributed by atoms with Gasteiger partial charge in [-0.2, -0.15) is 0 Å². The van der Waals surface area contributed by atoms with Crippen LogP contribution >= 0.6 is 0 Å². The Hall–Kier alpha value is -2.71. The van der Waals surface area contributed by atoms with Crippen LogP contribution in [0.25, 0.3) is 0 Å². The maximum atomic E-state index is 13.5. The molecule has 1 amide bonds. The van der Waals surface area contributed by atoms with Crippen LogP contribution in [-0.2, 0) is 14.3 Å². The minimum absolute atomic E-state index is 0.0455. The molecule has 5 saturated carbocycles. The van der Waals surface area contributed by atoms with Crippen LogP contribution in [0.3, 0.4) is 0 Å². The van der Waals surface area contributed by atoms with Crippen LogP contribution in [0.2, 0.25) is 0 Å². The molecule has 0 radical (unpaired) electrons. The lowest BCUT2D eigenvalue weighted by Crippen LogP contribution is -2.69. The Morgan fingerprint density at radius 3 is 2.27 bits per heavy atom. The van der Waals surface area contributed by atoms with E-state index >= 15 is 0 Å². The van der Waals surface area contributed by atoms with Crippen molar-refractivity contribution in [1.82, 2.24) is 15.5 Å². The molecule has 2 N–H and O–H groups in total. The fraction of sp³-hybridized carbons (Fsp3) is 0.821. The predicted molar refractivity (Wildman–Crippen MR) is 182 cm³/mol. The molecule has 1 aromatic heterocycles. The number of aryl methyl sites for hydroxylation is 1. The predicted octanol–water partition coefficient (Wildman–Crippen LogP) is 7.93. The molecule has 5 aliphatic rings. The number of carboxylic acid groups (broad SMARTS) is 1. The third-order valence-corrected chi connectivity index (χ3v) is 15.5. The highest BCUT2D eigenvalue weighted by molar-refractivity contribution is 5.90. The molecule has 6 rings (SSSR count). The molecule has 0 aromatic carbocycles. The number of aliphatic carboxylic acids is 1. The van der Waals surface area contributed by atoms with E-state index in [9.17, 15) is 19.5 Å². The van der Waals surface area contributed by atoms with Gasteiger partial charge in [0.1, 0.15) is 6.10 Å². The van der Waals surface area contributed by atoms with Crippen molar-refractivity contribution in [1.29, 1.82) is 0 Å². The fourth-order valence-corrected chi connectivity index (χ4v) is 12.9. The van der Waals surface area contributed by atoms with Crippen molar-refractivity contribution in [2.75, 3.05) is 0 Å². The number of ether oxygens (including phenoxy) is 1. The zero-order chi connectivity index (χ0) is 35.2. The molecular formula is C39H59N3O6. The number of fused-ring (bicyclic) bond motifs is 7. The van der Waals surface area contributed by atoms with Crippen molar-refractivity contribution >= 4 is 17.8 Å². The van der Waals surface area contributed by atoms with Crippen molar-refractivity contribution < 1.29 is 28.6 Å². The lowest BCUT2D eigenvalue weighted by Gasteiger charge is -2.73. The summed E-state index contributed by atoms with van der Waals surface area (Å²) in [6.45, 7) is 23.8. The van der Waals surface area contributed by atoms with Gasteiger partial charge in [-0.3, -0.25) is 14.4 Å². The molecular weight excluding hydrogens is 606 g/mol. The van der Waals surface area contributed by atoms with Crippen LogP contribution < -0.4 is 5.32 Å². The Bertz CT molecular complexity index is 1500. The summed E-state index contributed by atoms with van der Waals surface area (Å²) in [6, 6.07) is 0. The van der Waals surface area contributed by atoms with Gasteiger partial charge in [0.2, 0.25) is 5.89 Å². The number of hydrogen-bond donors (Lipinski definition) is 2. The summed E-state index contributed by atoms with van der Waals surface area (Å²) in [5.41, 5.74) is -0.110. The van der Waals surface area contributed by atoms with E-state index in [1.54, 1.807) is 20.8 Å². The smallest absolute Gasteiger partial charge is 0.309 e. The summed E-state index contributed by atoms with van der Waals surface area (Å²) in [4.78, 5) is 38.3. The standard InChI is InChI=1S/C39H59N3O6/c1-22(2)24-13-18-39(40-31(44)32-42-41-23(3)47-32)20-19-37(9)25(30(24)39)11-12-27-36(8)16-15-28(48-29(43)21-34(4,5)33(45)46)35(6,7)26(36)14-17-38(27,37)10/h24-28,30H,1,11-21H2,2-10H3,(H,40,44)(H,45,46)/t24-,25+,26-,27+,28-,30+,36-,37+,38+,39-/m0/s1. The fourth-order valence-electron chi connectivity index (χ4n) is 12.9. The second-order valence-corrected chi connectivity index (χ2v) is 18.6. The average Bonchev–Trinajstić information content (AvgIpc) is 3.59. The number of hydrogen-bond acceptors (Lipinski definition) is 7. The van der Waals surface area contributed by atoms with Crippen molar-refractivity contribution in [3.63, 3.8) is 0 Å². The van der Waals surface area contributed by atoms with E-state index in [0.29, 0.717) is 35.5 Å². The molecule has 5 fully saturated rings. The summed E-state index contributed by atoms with van der Waals surface area (Å²) in [5, 5.41) is 21.0. The van der Waals surface area contributed by atoms with Gasteiger partial charge in [0.15, 0.2) is 0 Å². The highest BCUT2D eigenvalue weighted by atomic mass is 16.5. The zero-order valence-corrected chi connectivity index (χ0v) is 30.8. The summed E-state index contributed by atoms with van der Waals surface area (Å²) in [5.74, 6) is 0.865. The number of aromatic nitrogens is 2. The first-order valence-electron chi connectivity index (χ1n) is 18.4. The number of carbonyl (C=O) groups is 3. The third kappa shape index (κ3) is 5.09. The summed E-state index contributed by atoms with van der Waals surface area (Å²) in [7, 11) is 0. The van der Waals surface area contributed by atoms with E-state index in [4.69, 9.17) is 9.15 Å². The first-order valence-corrected chi connectivity index (χ1v) is 18.4. The first-order chi connectivity index (χ1) is 22.2. The van der Waals surface area contributed by atoms with E-state index in [1.807, 2.05) is 0 Å². The van der Waals surface area contributed by atoms with Crippen LogP contribution in [0.15, 0.2) is 16.6 Å². The molecule has 10 atom stereocenters.